The Bertz CT molecular complexity index is 283. The van der Waals surface area contributed by atoms with Gasteiger partial charge in [0.1, 0.15) is 5.38 Å². The molecule has 0 amide bonds. The Hall–Kier alpha value is -0.280. The lowest BCUT2D eigenvalue weighted by atomic mass is 9.84. The maximum absolute atomic E-state index is 11.6. The molecule has 3 nitrogen and oxygen atoms in total. The molecule has 0 radical (unpaired) electrons. The summed E-state index contributed by atoms with van der Waals surface area (Å²) in [6.45, 7) is 4.91. The summed E-state index contributed by atoms with van der Waals surface area (Å²) in [4.78, 5) is 14.2. The van der Waals surface area contributed by atoms with Gasteiger partial charge in [-0.15, -0.1) is 11.6 Å². The Labute approximate surface area is 115 Å². The molecule has 2 aliphatic rings. The number of rotatable bonds is 4. The highest BCUT2D eigenvalue weighted by atomic mass is 35.5. The molecule has 0 aliphatic carbocycles. The molecule has 0 spiro atoms. The molecule has 2 fully saturated rings. The summed E-state index contributed by atoms with van der Waals surface area (Å²) >= 11 is 5.89. The molecule has 0 N–H and O–H groups in total. The molecule has 2 heterocycles. The van der Waals surface area contributed by atoms with Gasteiger partial charge in [-0.1, -0.05) is 13.3 Å². The zero-order valence-corrected chi connectivity index (χ0v) is 12.0. The van der Waals surface area contributed by atoms with E-state index < -0.39 is 5.38 Å². The van der Waals surface area contributed by atoms with Crippen molar-refractivity contribution >= 4 is 17.6 Å². The van der Waals surface area contributed by atoms with Crippen LogP contribution in [0.25, 0.3) is 0 Å². The van der Waals surface area contributed by atoms with Crippen LogP contribution in [0.15, 0.2) is 0 Å². The molecule has 0 aromatic rings. The van der Waals surface area contributed by atoms with Crippen molar-refractivity contribution in [3.8, 4) is 0 Å². The number of esters is 1. The van der Waals surface area contributed by atoms with E-state index in [-0.39, 0.29) is 5.97 Å². The second-order valence-electron chi connectivity index (χ2n) is 5.51. The number of hydrogen-bond donors (Lipinski definition) is 0. The third kappa shape index (κ3) is 3.39. The standard InChI is InChI=1S/C14H24ClNO2/c1-2-12(15)14(17)18-10-11-6-5-9-16-8-4-3-7-13(11)16/h11-13H,2-10H2,1H3/t11-,12+,13+/m0/s1. The van der Waals surface area contributed by atoms with E-state index in [1.807, 2.05) is 6.92 Å². The first kappa shape index (κ1) is 14.1. The van der Waals surface area contributed by atoms with Crippen molar-refractivity contribution in [1.29, 1.82) is 0 Å². The number of nitrogens with zero attached hydrogens (tertiary/aromatic N) is 1. The molecule has 0 unspecified atom stereocenters. The third-order valence-corrected chi connectivity index (χ3v) is 4.77. The van der Waals surface area contributed by atoms with Gasteiger partial charge < -0.3 is 4.74 Å². The molecule has 4 heteroatoms. The van der Waals surface area contributed by atoms with Gasteiger partial charge in [0.25, 0.3) is 0 Å². The van der Waals surface area contributed by atoms with Crippen molar-refractivity contribution in [2.24, 2.45) is 5.92 Å². The van der Waals surface area contributed by atoms with E-state index in [1.54, 1.807) is 0 Å². The van der Waals surface area contributed by atoms with E-state index in [1.165, 1.54) is 45.2 Å². The molecular weight excluding hydrogens is 250 g/mol. The second kappa shape index (κ2) is 6.76. The fourth-order valence-corrected chi connectivity index (χ4v) is 3.28. The van der Waals surface area contributed by atoms with E-state index in [0.717, 1.165) is 0 Å². The summed E-state index contributed by atoms with van der Waals surface area (Å²) in [6, 6.07) is 0.635. The van der Waals surface area contributed by atoms with Crippen LogP contribution in [0.2, 0.25) is 0 Å². The largest absolute Gasteiger partial charge is 0.464 e. The summed E-state index contributed by atoms with van der Waals surface area (Å²) in [5.74, 6) is 0.274. The fraction of sp³-hybridized carbons (Fsp3) is 0.929. The van der Waals surface area contributed by atoms with Crippen LogP contribution in [0, 0.1) is 5.92 Å². The molecule has 3 atom stereocenters. The maximum atomic E-state index is 11.6. The van der Waals surface area contributed by atoms with Crippen LogP contribution in [0.4, 0.5) is 0 Å². The SMILES string of the molecule is CC[C@@H](Cl)C(=O)OC[C@@H]1CCCN2CCCC[C@H]12. The fourth-order valence-electron chi connectivity index (χ4n) is 3.22. The molecule has 0 aromatic heterocycles. The summed E-state index contributed by atoms with van der Waals surface area (Å²) in [5.41, 5.74) is 0. The Kier molecular flexibility index (Phi) is 5.31. The predicted molar refractivity (Wildman–Crippen MR) is 72.8 cm³/mol. The zero-order chi connectivity index (χ0) is 13.0. The van der Waals surface area contributed by atoms with Gasteiger partial charge >= 0.3 is 5.97 Å². The summed E-state index contributed by atoms with van der Waals surface area (Å²) in [6.07, 6.45) is 6.96. The van der Waals surface area contributed by atoms with Crippen LogP contribution in [0.5, 0.6) is 0 Å². The number of carbonyl (C=O) groups is 1. The van der Waals surface area contributed by atoms with Crippen LogP contribution in [-0.2, 0) is 9.53 Å². The highest BCUT2D eigenvalue weighted by Crippen LogP contribution is 2.31. The monoisotopic (exact) mass is 273 g/mol. The van der Waals surface area contributed by atoms with Gasteiger partial charge in [-0.2, -0.15) is 0 Å². The Morgan fingerprint density at radius 2 is 2.11 bits per heavy atom. The maximum Gasteiger partial charge on any atom is 0.324 e. The second-order valence-corrected chi connectivity index (χ2v) is 6.03. The highest BCUT2D eigenvalue weighted by Gasteiger charge is 2.33. The lowest BCUT2D eigenvalue weighted by molar-refractivity contribution is -0.146. The topological polar surface area (TPSA) is 29.5 Å². The Morgan fingerprint density at radius 3 is 2.89 bits per heavy atom. The van der Waals surface area contributed by atoms with E-state index in [0.29, 0.717) is 25.0 Å². The van der Waals surface area contributed by atoms with Gasteiger partial charge in [0.15, 0.2) is 0 Å². The van der Waals surface area contributed by atoms with Crippen LogP contribution in [-0.4, -0.2) is 42.0 Å². The smallest absolute Gasteiger partial charge is 0.324 e. The number of hydrogen-bond acceptors (Lipinski definition) is 3. The van der Waals surface area contributed by atoms with Crippen molar-refractivity contribution < 1.29 is 9.53 Å². The van der Waals surface area contributed by atoms with E-state index in [2.05, 4.69) is 4.90 Å². The third-order valence-electron chi connectivity index (χ3n) is 4.28. The molecule has 2 aliphatic heterocycles. The van der Waals surface area contributed by atoms with Gasteiger partial charge in [0.2, 0.25) is 0 Å². The van der Waals surface area contributed by atoms with Crippen LogP contribution >= 0.6 is 11.6 Å². The molecule has 104 valence electrons. The molecular formula is C14H24ClNO2. The Balaban J connectivity index is 1.82. The van der Waals surface area contributed by atoms with Crippen molar-refractivity contribution in [2.45, 2.75) is 56.9 Å². The summed E-state index contributed by atoms with van der Waals surface area (Å²) in [7, 11) is 0. The average Bonchev–Trinajstić information content (AvgIpc) is 2.43. The molecule has 0 saturated carbocycles. The van der Waals surface area contributed by atoms with Gasteiger partial charge in [0, 0.05) is 12.0 Å². The number of fused-ring (bicyclic) bond motifs is 1. The van der Waals surface area contributed by atoms with E-state index >= 15 is 0 Å². The van der Waals surface area contributed by atoms with Crippen LogP contribution in [0.1, 0.15) is 45.4 Å². The van der Waals surface area contributed by atoms with Gasteiger partial charge in [-0.3, -0.25) is 9.69 Å². The van der Waals surface area contributed by atoms with Crippen molar-refractivity contribution in [3.05, 3.63) is 0 Å². The minimum absolute atomic E-state index is 0.243. The molecule has 18 heavy (non-hydrogen) atoms. The van der Waals surface area contributed by atoms with Crippen LogP contribution < -0.4 is 0 Å². The summed E-state index contributed by atoms with van der Waals surface area (Å²) < 4.78 is 5.39. The minimum atomic E-state index is -0.476. The average molecular weight is 274 g/mol. The number of ether oxygens (including phenoxy) is 1. The highest BCUT2D eigenvalue weighted by molar-refractivity contribution is 6.29. The van der Waals surface area contributed by atoms with Crippen molar-refractivity contribution in [1.82, 2.24) is 4.90 Å². The molecule has 0 aromatic carbocycles. The van der Waals surface area contributed by atoms with E-state index in [9.17, 15) is 4.79 Å². The van der Waals surface area contributed by atoms with Crippen molar-refractivity contribution in [2.75, 3.05) is 19.7 Å². The lowest BCUT2D eigenvalue weighted by Gasteiger charge is -2.44. The molecule has 0 bridgehead atoms. The number of halogens is 1. The number of carbonyl (C=O) groups excluding carboxylic acids is 1. The van der Waals surface area contributed by atoms with E-state index in [4.69, 9.17) is 16.3 Å². The number of alkyl halides is 1. The first-order chi connectivity index (χ1) is 8.72. The van der Waals surface area contributed by atoms with Gasteiger partial charge in [0.05, 0.1) is 6.61 Å². The molecule has 2 rings (SSSR count). The van der Waals surface area contributed by atoms with Gasteiger partial charge in [-0.05, 0) is 45.2 Å². The predicted octanol–water partition coefficient (Wildman–Crippen LogP) is 2.81. The zero-order valence-electron chi connectivity index (χ0n) is 11.2. The Morgan fingerprint density at radius 1 is 1.33 bits per heavy atom. The lowest BCUT2D eigenvalue weighted by Crippen LogP contribution is -2.49. The summed E-state index contributed by atoms with van der Waals surface area (Å²) in [5, 5.41) is -0.476. The normalized spacial score (nSPS) is 30.6. The van der Waals surface area contributed by atoms with Gasteiger partial charge in [-0.25, -0.2) is 0 Å². The molecule has 2 saturated heterocycles. The first-order valence-electron chi connectivity index (χ1n) is 7.27. The van der Waals surface area contributed by atoms with Crippen LogP contribution in [0.3, 0.4) is 0 Å². The van der Waals surface area contributed by atoms with Crippen molar-refractivity contribution in [3.63, 3.8) is 0 Å². The quantitative estimate of drug-likeness (QED) is 0.583. The minimum Gasteiger partial charge on any atom is -0.464 e. The first-order valence-corrected chi connectivity index (χ1v) is 7.70. The number of piperidine rings is 2.